The van der Waals surface area contributed by atoms with Crippen LogP contribution in [0.4, 0.5) is 0 Å². The van der Waals surface area contributed by atoms with E-state index in [0.29, 0.717) is 13.0 Å². The van der Waals surface area contributed by atoms with Crippen molar-refractivity contribution in [2.24, 2.45) is 0 Å². The Morgan fingerprint density at radius 1 is 1.13 bits per heavy atom. The number of amides is 1. The fourth-order valence-electron chi connectivity index (χ4n) is 1.45. The fourth-order valence-corrected chi connectivity index (χ4v) is 1.45. The summed E-state index contributed by atoms with van der Waals surface area (Å²) < 4.78 is 0. The maximum absolute atomic E-state index is 11.7. The molecule has 90 valence electrons. The number of aliphatic hydroxyl groups is 2. The van der Waals surface area contributed by atoms with Crippen molar-refractivity contribution in [3.8, 4) is 0 Å². The summed E-state index contributed by atoms with van der Waals surface area (Å²) in [6.45, 7) is 6.62. The Kier molecular flexibility index (Phi) is 6.52. The van der Waals surface area contributed by atoms with Crippen molar-refractivity contribution in [3.63, 3.8) is 0 Å². The second-order valence-electron chi connectivity index (χ2n) is 4.62. The Labute approximate surface area is 91.9 Å². The molecule has 0 aliphatic carbocycles. The summed E-state index contributed by atoms with van der Waals surface area (Å²) in [4.78, 5) is 13.5. The van der Waals surface area contributed by atoms with Crippen LogP contribution in [0, 0.1) is 0 Å². The molecule has 0 radical (unpaired) electrons. The van der Waals surface area contributed by atoms with Crippen LogP contribution in [0.2, 0.25) is 0 Å². The predicted molar refractivity (Wildman–Crippen MR) is 59.5 cm³/mol. The van der Waals surface area contributed by atoms with Gasteiger partial charge in [0, 0.05) is 25.1 Å². The van der Waals surface area contributed by atoms with Crippen LogP contribution in [0.5, 0.6) is 0 Å². The molecule has 4 nitrogen and oxygen atoms in total. The van der Waals surface area contributed by atoms with Crippen molar-refractivity contribution < 1.29 is 15.0 Å². The zero-order chi connectivity index (χ0) is 11.9. The highest BCUT2D eigenvalue weighted by atomic mass is 16.3. The second kappa shape index (κ2) is 6.80. The molecule has 0 fully saturated rings. The molecule has 0 spiro atoms. The molecule has 0 aromatic rings. The summed E-state index contributed by atoms with van der Waals surface area (Å²) in [5.41, 5.74) is -0.221. The largest absolute Gasteiger partial charge is 0.396 e. The van der Waals surface area contributed by atoms with Crippen LogP contribution < -0.4 is 0 Å². The molecule has 4 heteroatoms. The maximum Gasteiger partial charge on any atom is 0.225 e. The number of nitrogens with zero attached hydrogens (tertiary/aromatic N) is 1. The van der Waals surface area contributed by atoms with E-state index in [0.717, 1.165) is 6.42 Å². The molecule has 0 aliphatic heterocycles. The molecular formula is C11H23NO3. The van der Waals surface area contributed by atoms with E-state index in [1.54, 1.807) is 4.90 Å². The molecule has 2 N–H and O–H groups in total. The van der Waals surface area contributed by atoms with Gasteiger partial charge in [0.25, 0.3) is 0 Å². The third-order valence-corrected chi connectivity index (χ3v) is 2.23. The first-order valence-corrected chi connectivity index (χ1v) is 5.45. The lowest BCUT2D eigenvalue weighted by molar-refractivity contribution is -0.136. The number of aliphatic hydroxyl groups excluding tert-OH is 2. The molecule has 0 heterocycles. The van der Waals surface area contributed by atoms with E-state index in [1.807, 2.05) is 20.8 Å². The predicted octanol–water partition coefficient (Wildman–Crippen LogP) is 0.768. The lowest BCUT2D eigenvalue weighted by Crippen LogP contribution is -2.46. The van der Waals surface area contributed by atoms with Crippen molar-refractivity contribution in [3.05, 3.63) is 0 Å². The monoisotopic (exact) mass is 217 g/mol. The van der Waals surface area contributed by atoms with Crippen LogP contribution in [0.3, 0.4) is 0 Å². The number of unbranched alkanes of at least 4 members (excludes halogenated alkanes) is 1. The van der Waals surface area contributed by atoms with Crippen LogP contribution >= 0.6 is 0 Å². The standard InChI is InChI=1S/C11H23NO3/c1-11(2,3)12(7-4-5-8-13)10(15)6-9-14/h13-14H,4-9H2,1-3H3. The van der Waals surface area contributed by atoms with E-state index >= 15 is 0 Å². The van der Waals surface area contributed by atoms with Crippen molar-refractivity contribution >= 4 is 5.91 Å². The van der Waals surface area contributed by atoms with Gasteiger partial charge in [-0.2, -0.15) is 0 Å². The third kappa shape index (κ3) is 5.74. The quantitative estimate of drug-likeness (QED) is 0.646. The van der Waals surface area contributed by atoms with Gasteiger partial charge in [-0.1, -0.05) is 0 Å². The SMILES string of the molecule is CC(C)(C)N(CCCCO)C(=O)CCO. The van der Waals surface area contributed by atoms with Gasteiger partial charge in [-0.25, -0.2) is 0 Å². The average molecular weight is 217 g/mol. The molecule has 0 atom stereocenters. The Morgan fingerprint density at radius 2 is 1.73 bits per heavy atom. The molecular weight excluding hydrogens is 194 g/mol. The topological polar surface area (TPSA) is 60.8 Å². The Hall–Kier alpha value is -0.610. The molecule has 0 saturated heterocycles. The molecule has 0 unspecified atom stereocenters. The van der Waals surface area contributed by atoms with Crippen molar-refractivity contribution in [1.82, 2.24) is 4.90 Å². The van der Waals surface area contributed by atoms with E-state index in [-0.39, 0.29) is 31.1 Å². The zero-order valence-electron chi connectivity index (χ0n) is 9.99. The summed E-state index contributed by atoms with van der Waals surface area (Å²) in [6, 6.07) is 0. The minimum Gasteiger partial charge on any atom is -0.396 e. The van der Waals surface area contributed by atoms with E-state index in [1.165, 1.54) is 0 Å². The normalized spacial score (nSPS) is 11.5. The average Bonchev–Trinajstić information content (AvgIpc) is 2.10. The number of carbonyl (C=O) groups excluding carboxylic acids is 1. The van der Waals surface area contributed by atoms with Crippen molar-refractivity contribution in [1.29, 1.82) is 0 Å². The number of rotatable bonds is 6. The van der Waals surface area contributed by atoms with Crippen LogP contribution in [-0.2, 0) is 4.79 Å². The van der Waals surface area contributed by atoms with Crippen molar-refractivity contribution in [2.45, 2.75) is 45.6 Å². The van der Waals surface area contributed by atoms with Gasteiger partial charge in [0.05, 0.1) is 6.61 Å². The smallest absolute Gasteiger partial charge is 0.225 e. The van der Waals surface area contributed by atoms with E-state index in [2.05, 4.69) is 0 Å². The van der Waals surface area contributed by atoms with Gasteiger partial charge in [-0.05, 0) is 33.6 Å². The summed E-state index contributed by atoms with van der Waals surface area (Å²) in [6.07, 6.45) is 1.68. The molecule has 0 aromatic heterocycles. The van der Waals surface area contributed by atoms with Crippen LogP contribution in [0.1, 0.15) is 40.0 Å². The van der Waals surface area contributed by atoms with Gasteiger partial charge >= 0.3 is 0 Å². The van der Waals surface area contributed by atoms with Gasteiger partial charge in [-0.3, -0.25) is 4.79 Å². The van der Waals surface area contributed by atoms with E-state index in [4.69, 9.17) is 10.2 Å². The first kappa shape index (κ1) is 14.4. The summed E-state index contributed by atoms with van der Waals surface area (Å²) in [5, 5.41) is 17.4. The molecule has 0 aliphatic rings. The zero-order valence-corrected chi connectivity index (χ0v) is 9.99. The van der Waals surface area contributed by atoms with E-state index < -0.39 is 0 Å². The second-order valence-corrected chi connectivity index (χ2v) is 4.62. The molecule has 0 bridgehead atoms. The summed E-state index contributed by atoms with van der Waals surface area (Å²) in [5.74, 6) is -0.0251. The van der Waals surface area contributed by atoms with Gasteiger partial charge < -0.3 is 15.1 Å². The minimum absolute atomic E-state index is 0.0251. The Balaban J connectivity index is 4.25. The fraction of sp³-hybridized carbons (Fsp3) is 0.909. The van der Waals surface area contributed by atoms with E-state index in [9.17, 15) is 4.79 Å². The molecule has 0 aromatic carbocycles. The number of hydrogen-bond acceptors (Lipinski definition) is 3. The molecule has 1 amide bonds. The summed E-state index contributed by atoms with van der Waals surface area (Å²) in [7, 11) is 0. The lowest BCUT2D eigenvalue weighted by Gasteiger charge is -2.35. The Morgan fingerprint density at radius 3 is 2.13 bits per heavy atom. The Bertz CT molecular complexity index is 187. The van der Waals surface area contributed by atoms with Gasteiger partial charge in [-0.15, -0.1) is 0 Å². The lowest BCUT2D eigenvalue weighted by atomic mass is 10.0. The van der Waals surface area contributed by atoms with Crippen LogP contribution in [0.15, 0.2) is 0 Å². The minimum atomic E-state index is -0.221. The highest BCUT2D eigenvalue weighted by Gasteiger charge is 2.24. The van der Waals surface area contributed by atoms with Gasteiger partial charge in [0.1, 0.15) is 0 Å². The number of carbonyl (C=O) groups is 1. The molecule has 15 heavy (non-hydrogen) atoms. The number of hydrogen-bond donors (Lipinski definition) is 2. The molecule has 0 rings (SSSR count). The van der Waals surface area contributed by atoms with Crippen molar-refractivity contribution in [2.75, 3.05) is 19.8 Å². The molecule has 0 saturated carbocycles. The maximum atomic E-state index is 11.7. The summed E-state index contributed by atoms with van der Waals surface area (Å²) >= 11 is 0. The highest BCUT2D eigenvalue weighted by molar-refractivity contribution is 5.77. The van der Waals surface area contributed by atoms with Gasteiger partial charge in [0.2, 0.25) is 5.91 Å². The van der Waals surface area contributed by atoms with Crippen LogP contribution in [0.25, 0.3) is 0 Å². The first-order valence-electron chi connectivity index (χ1n) is 5.45. The first-order chi connectivity index (χ1) is 6.93. The third-order valence-electron chi connectivity index (χ3n) is 2.23. The van der Waals surface area contributed by atoms with Gasteiger partial charge in [0.15, 0.2) is 0 Å². The highest BCUT2D eigenvalue weighted by Crippen LogP contribution is 2.15. The van der Waals surface area contributed by atoms with Crippen LogP contribution in [-0.4, -0.2) is 46.3 Å².